The van der Waals surface area contributed by atoms with Crippen molar-refractivity contribution in [1.82, 2.24) is 10.7 Å². The lowest BCUT2D eigenvalue weighted by molar-refractivity contribution is -0.129. The molecule has 0 heterocycles. The number of amides is 2. The topological polar surface area (TPSA) is 98.2 Å². The summed E-state index contributed by atoms with van der Waals surface area (Å²) < 4.78 is 15.1. The number of carbonyl (C=O) groups excluding carboxylic acids is 2. The smallest absolute Gasteiger partial charge is 0.249 e. The normalized spacial score (nSPS) is 10.4. The minimum absolute atomic E-state index is 0.299. The van der Waals surface area contributed by atoms with Crippen molar-refractivity contribution in [2.45, 2.75) is 6.42 Å². The number of benzene rings is 1. The summed E-state index contributed by atoms with van der Waals surface area (Å²) in [6, 6.07) is 5.20. The van der Waals surface area contributed by atoms with Crippen LogP contribution in [0.25, 0.3) is 0 Å². The van der Waals surface area contributed by atoms with Gasteiger partial charge in [0, 0.05) is 13.7 Å². The largest absolute Gasteiger partial charge is 0.493 e. The average Bonchev–Trinajstić information content (AvgIpc) is 2.54. The summed E-state index contributed by atoms with van der Waals surface area (Å²) in [7, 11) is 4.61. The van der Waals surface area contributed by atoms with Crippen LogP contribution in [-0.4, -0.2) is 52.5 Å². The fourth-order valence-corrected chi connectivity index (χ4v) is 1.65. The maximum Gasteiger partial charge on any atom is 0.249 e. The van der Waals surface area contributed by atoms with Crippen LogP contribution in [0.1, 0.15) is 12.0 Å². The molecule has 1 rings (SSSR count). The van der Waals surface area contributed by atoms with E-state index in [4.69, 9.17) is 14.2 Å². The Morgan fingerprint density at radius 1 is 1.13 bits per heavy atom. The first-order chi connectivity index (χ1) is 11.1. The molecule has 0 bridgehead atoms. The fraction of sp³-hybridized carbons (Fsp3) is 0.400. The molecule has 2 amide bonds. The molecule has 126 valence electrons. The number of nitrogens with one attached hydrogen (secondary N) is 2. The first-order valence-corrected chi connectivity index (χ1v) is 6.90. The van der Waals surface area contributed by atoms with Gasteiger partial charge in [-0.2, -0.15) is 5.10 Å². The first-order valence-electron chi connectivity index (χ1n) is 6.90. The second-order valence-electron chi connectivity index (χ2n) is 4.43. The van der Waals surface area contributed by atoms with Gasteiger partial charge in [-0.3, -0.25) is 9.59 Å². The van der Waals surface area contributed by atoms with Gasteiger partial charge in [-0.1, -0.05) is 0 Å². The highest BCUT2D eigenvalue weighted by Gasteiger charge is 2.08. The molecule has 1 aromatic carbocycles. The van der Waals surface area contributed by atoms with E-state index in [1.54, 1.807) is 25.3 Å². The van der Waals surface area contributed by atoms with Gasteiger partial charge in [-0.25, -0.2) is 5.43 Å². The Morgan fingerprint density at radius 2 is 1.87 bits per heavy atom. The fourth-order valence-electron chi connectivity index (χ4n) is 1.65. The van der Waals surface area contributed by atoms with Crippen LogP contribution < -0.4 is 20.2 Å². The number of hydrogen-bond donors (Lipinski definition) is 2. The van der Waals surface area contributed by atoms with Crippen LogP contribution in [-0.2, 0) is 14.3 Å². The number of ether oxygens (including phenoxy) is 3. The van der Waals surface area contributed by atoms with Crippen LogP contribution in [0.5, 0.6) is 11.5 Å². The van der Waals surface area contributed by atoms with E-state index in [-0.39, 0.29) is 12.3 Å². The van der Waals surface area contributed by atoms with Crippen molar-refractivity contribution in [3.8, 4) is 11.5 Å². The summed E-state index contributed by atoms with van der Waals surface area (Å²) >= 11 is 0. The highest BCUT2D eigenvalue weighted by Crippen LogP contribution is 2.26. The highest BCUT2D eigenvalue weighted by atomic mass is 16.5. The van der Waals surface area contributed by atoms with Crippen molar-refractivity contribution in [3.05, 3.63) is 23.8 Å². The van der Waals surface area contributed by atoms with E-state index in [1.807, 2.05) is 0 Å². The van der Waals surface area contributed by atoms with Crippen LogP contribution in [0.3, 0.4) is 0 Å². The van der Waals surface area contributed by atoms with Crippen LogP contribution in [0.15, 0.2) is 23.3 Å². The van der Waals surface area contributed by atoms with E-state index >= 15 is 0 Å². The van der Waals surface area contributed by atoms with E-state index in [1.165, 1.54) is 20.4 Å². The lowest BCUT2D eigenvalue weighted by Gasteiger charge is -2.07. The van der Waals surface area contributed by atoms with Crippen LogP contribution >= 0.6 is 0 Å². The molecule has 0 unspecified atom stereocenters. The van der Waals surface area contributed by atoms with E-state index in [2.05, 4.69) is 15.8 Å². The molecular weight excluding hydrogens is 302 g/mol. The Hall–Kier alpha value is -2.61. The van der Waals surface area contributed by atoms with Gasteiger partial charge in [0.2, 0.25) is 11.8 Å². The van der Waals surface area contributed by atoms with Gasteiger partial charge in [0.15, 0.2) is 11.5 Å². The van der Waals surface area contributed by atoms with Crippen molar-refractivity contribution in [2.24, 2.45) is 5.10 Å². The van der Waals surface area contributed by atoms with Gasteiger partial charge in [-0.15, -0.1) is 0 Å². The minimum atomic E-state index is -0.503. The number of hydrogen-bond acceptors (Lipinski definition) is 6. The highest BCUT2D eigenvalue weighted by molar-refractivity contribution is 5.97. The molecule has 0 saturated heterocycles. The van der Waals surface area contributed by atoms with Gasteiger partial charge in [0.1, 0.15) is 6.42 Å². The lowest BCUT2D eigenvalue weighted by atomic mass is 10.2. The molecule has 23 heavy (non-hydrogen) atoms. The number of hydrazone groups is 1. The first kappa shape index (κ1) is 18.4. The van der Waals surface area contributed by atoms with Gasteiger partial charge < -0.3 is 19.5 Å². The van der Waals surface area contributed by atoms with Crippen LogP contribution in [0.2, 0.25) is 0 Å². The van der Waals surface area contributed by atoms with Gasteiger partial charge in [0.25, 0.3) is 0 Å². The third kappa shape index (κ3) is 6.79. The maximum atomic E-state index is 11.5. The summed E-state index contributed by atoms with van der Waals surface area (Å²) in [5.41, 5.74) is 3.00. The predicted molar refractivity (Wildman–Crippen MR) is 84.8 cm³/mol. The Morgan fingerprint density at radius 3 is 2.52 bits per heavy atom. The number of methoxy groups -OCH3 is 3. The van der Waals surface area contributed by atoms with Crippen molar-refractivity contribution in [3.63, 3.8) is 0 Å². The number of carbonyl (C=O) groups is 2. The van der Waals surface area contributed by atoms with Crippen LogP contribution in [0, 0.1) is 0 Å². The Bertz CT molecular complexity index is 560. The molecule has 0 radical (unpaired) electrons. The van der Waals surface area contributed by atoms with Gasteiger partial charge in [-0.05, 0) is 23.8 Å². The number of nitrogens with zero attached hydrogens (tertiary/aromatic N) is 1. The molecule has 8 nitrogen and oxygen atoms in total. The lowest BCUT2D eigenvalue weighted by Crippen LogP contribution is -2.31. The Balaban J connectivity index is 2.46. The zero-order valence-electron chi connectivity index (χ0n) is 13.4. The van der Waals surface area contributed by atoms with Crippen molar-refractivity contribution >= 4 is 18.0 Å². The average molecular weight is 323 g/mol. The second-order valence-corrected chi connectivity index (χ2v) is 4.43. The van der Waals surface area contributed by atoms with E-state index in [9.17, 15) is 9.59 Å². The molecule has 0 aliphatic heterocycles. The summed E-state index contributed by atoms with van der Waals surface area (Å²) in [4.78, 5) is 22.9. The van der Waals surface area contributed by atoms with Crippen molar-refractivity contribution < 1.29 is 23.8 Å². The Labute approximate surface area is 134 Å². The molecule has 0 saturated carbocycles. The maximum absolute atomic E-state index is 11.5. The third-order valence-corrected chi connectivity index (χ3v) is 2.76. The SMILES string of the molecule is COCCNC(=O)CC(=O)N/N=C\c1ccc(OC)c(OC)c1. The zero-order chi connectivity index (χ0) is 17.1. The third-order valence-electron chi connectivity index (χ3n) is 2.76. The monoisotopic (exact) mass is 323 g/mol. The molecule has 0 aromatic heterocycles. The zero-order valence-corrected chi connectivity index (χ0v) is 13.4. The van der Waals surface area contributed by atoms with E-state index in [0.29, 0.717) is 30.2 Å². The second kappa shape index (κ2) is 10.2. The molecule has 1 aromatic rings. The van der Waals surface area contributed by atoms with Crippen LogP contribution in [0.4, 0.5) is 0 Å². The molecule has 2 N–H and O–H groups in total. The minimum Gasteiger partial charge on any atom is -0.493 e. The molecule has 0 atom stereocenters. The molecule has 0 aliphatic rings. The molecular formula is C15H21N3O5. The standard InChI is InChI=1S/C15H21N3O5/c1-21-7-6-16-14(19)9-15(20)18-17-10-11-4-5-12(22-2)13(8-11)23-3/h4-5,8,10H,6-7,9H2,1-3H3,(H,16,19)(H,18,20)/b17-10-. The molecule has 8 heteroatoms. The van der Waals surface area contributed by atoms with Crippen molar-refractivity contribution in [1.29, 1.82) is 0 Å². The van der Waals surface area contributed by atoms with E-state index in [0.717, 1.165) is 0 Å². The quantitative estimate of drug-likeness (QED) is 0.295. The van der Waals surface area contributed by atoms with Gasteiger partial charge in [0.05, 0.1) is 27.0 Å². The Kier molecular flexibility index (Phi) is 8.16. The number of rotatable bonds is 9. The van der Waals surface area contributed by atoms with Gasteiger partial charge >= 0.3 is 0 Å². The molecule has 0 aliphatic carbocycles. The molecule has 0 spiro atoms. The summed E-state index contributed by atoms with van der Waals surface area (Å²) in [5.74, 6) is 0.263. The summed E-state index contributed by atoms with van der Waals surface area (Å²) in [6.45, 7) is 0.752. The predicted octanol–water partition coefficient (Wildman–Crippen LogP) is 0.307. The summed E-state index contributed by atoms with van der Waals surface area (Å²) in [5, 5.41) is 6.34. The van der Waals surface area contributed by atoms with E-state index < -0.39 is 5.91 Å². The van der Waals surface area contributed by atoms with Crippen molar-refractivity contribution in [2.75, 3.05) is 34.5 Å². The summed E-state index contributed by atoms with van der Waals surface area (Å²) in [6.07, 6.45) is 1.15. The molecule has 0 fully saturated rings.